The SMILES string of the molecule is COCCNC(=O)CNC(C)C(=O)Nc1ccccc1. The van der Waals surface area contributed by atoms with Gasteiger partial charge in [0.25, 0.3) is 0 Å². The molecular formula is C14H21N3O3. The Morgan fingerprint density at radius 2 is 1.95 bits per heavy atom. The fourth-order valence-corrected chi connectivity index (χ4v) is 1.47. The second kappa shape index (κ2) is 9.06. The zero-order chi connectivity index (χ0) is 14.8. The van der Waals surface area contributed by atoms with Crippen LogP contribution >= 0.6 is 0 Å². The van der Waals surface area contributed by atoms with Crippen LogP contribution in [0.5, 0.6) is 0 Å². The van der Waals surface area contributed by atoms with Crippen LogP contribution in [-0.4, -0.2) is 44.7 Å². The minimum atomic E-state index is -0.455. The molecule has 0 heterocycles. The largest absolute Gasteiger partial charge is 0.383 e. The molecule has 0 saturated heterocycles. The lowest BCUT2D eigenvalue weighted by Gasteiger charge is -2.14. The highest BCUT2D eigenvalue weighted by molar-refractivity contribution is 5.94. The zero-order valence-electron chi connectivity index (χ0n) is 11.8. The first kappa shape index (κ1) is 16.1. The molecule has 110 valence electrons. The molecule has 2 amide bonds. The van der Waals surface area contributed by atoms with Crippen molar-refractivity contribution < 1.29 is 14.3 Å². The summed E-state index contributed by atoms with van der Waals surface area (Å²) in [6.07, 6.45) is 0. The summed E-state index contributed by atoms with van der Waals surface area (Å²) in [5.74, 6) is -0.345. The van der Waals surface area contributed by atoms with Gasteiger partial charge in [-0.25, -0.2) is 0 Å². The zero-order valence-corrected chi connectivity index (χ0v) is 11.8. The van der Waals surface area contributed by atoms with Gasteiger partial charge in [-0.2, -0.15) is 0 Å². The van der Waals surface area contributed by atoms with Crippen LogP contribution in [0.15, 0.2) is 30.3 Å². The van der Waals surface area contributed by atoms with Crippen LogP contribution in [0.4, 0.5) is 5.69 Å². The summed E-state index contributed by atoms with van der Waals surface area (Å²) in [5, 5.41) is 8.30. The van der Waals surface area contributed by atoms with Crippen LogP contribution in [0.2, 0.25) is 0 Å². The molecule has 0 aliphatic carbocycles. The Balaban J connectivity index is 2.26. The van der Waals surface area contributed by atoms with E-state index in [9.17, 15) is 9.59 Å². The van der Waals surface area contributed by atoms with Crippen molar-refractivity contribution in [2.24, 2.45) is 0 Å². The summed E-state index contributed by atoms with van der Waals surface area (Å²) >= 11 is 0. The molecule has 1 unspecified atom stereocenters. The molecule has 20 heavy (non-hydrogen) atoms. The number of benzene rings is 1. The molecule has 6 nitrogen and oxygen atoms in total. The molecule has 0 bridgehead atoms. The van der Waals surface area contributed by atoms with Crippen LogP contribution in [0.1, 0.15) is 6.92 Å². The van der Waals surface area contributed by atoms with Crippen LogP contribution in [0.3, 0.4) is 0 Å². The number of ether oxygens (including phenoxy) is 1. The Bertz CT molecular complexity index is 423. The maximum Gasteiger partial charge on any atom is 0.241 e. The maximum atomic E-state index is 11.9. The van der Waals surface area contributed by atoms with Gasteiger partial charge in [0.05, 0.1) is 19.2 Å². The van der Waals surface area contributed by atoms with Crippen molar-refractivity contribution in [1.82, 2.24) is 10.6 Å². The quantitative estimate of drug-likeness (QED) is 0.601. The van der Waals surface area contributed by atoms with E-state index < -0.39 is 6.04 Å². The van der Waals surface area contributed by atoms with Crippen molar-refractivity contribution in [1.29, 1.82) is 0 Å². The van der Waals surface area contributed by atoms with Crippen molar-refractivity contribution in [2.75, 3.05) is 32.1 Å². The van der Waals surface area contributed by atoms with Crippen molar-refractivity contribution >= 4 is 17.5 Å². The second-order valence-electron chi connectivity index (χ2n) is 4.30. The van der Waals surface area contributed by atoms with Crippen molar-refractivity contribution in [3.63, 3.8) is 0 Å². The fraction of sp³-hybridized carbons (Fsp3) is 0.429. The first-order chi connectivity index (χ1) is 9.63. The summed E-state index contributed by atoms with van der Waals surface area (Å²) in [7, 11) is 1.57. The number of carbonyl (C=O) groups is 2. The monoisotopic (exact) mass is 279 g/mol. The molecule has 1 rings (SSSR count). The highest BCUT2D eigenvalue weighted by atomic mass is 16.5. The Kier molecular flexibility index (Phi) is 7.31. The molecule has 0 spiro atoms. The molecule has 0 fully saturated rings. The molecule has 0 aromatic heterocycles. The number of amides is 2. The average Bonchev–Trinajstić information content (AvgIpc) is 2.46. The summed E-state index contributed by atoms with van der Waals surface area (Å²) in [4.78, 5) is 23.3. The Morgan fingerprint density at radius 1 is 1.25 bits per heavy atom. The van der Waals surface area contributed by atoms with Crippen molar-refractivity contribution in [3.05, 3.63) is 30.3 Å². The molecule has 3 N–H and O–H groups in total. The van der Waals surface area contributed by atoms with Gasteiger partial charge in [-0.3, -0.25) is 14.9 Å². The minimum absolute atomic E-state index is 0.0904. The number of hydrogen-bond donors (Lipinski definition) is 3. The lowest BCUT2D eigenvalue weighted by molar-refractivity contribution is -0.121. The average molecular weight is 279 g/mol. The van der Waals surface area contributed by atoms with E-state index in [4.69, 9.17) is 4.74 Å². The number of para-hydroxylation sites is 1. The number of anilines is 1. The van der Waals surface area contributed by atoms with E-state index in [-0.39, 0.29) is 18.4 Å². The molecule has 0 aliphatic heterocycles. The summed E-state index contributed by atoms with van der Waals surface area (Å²) < 4.78 is 4.82. The first-order valence-corrected chi connectivity index (χ1v) is 6.48. The van der Waals surface area contributed by atoms with Gasteiger partial charge in [-0.15, -0.1) is 0 Å². The van der Waals surface area contributed by atoms with Crippen LogP contribution < -0.4 is 16.0 Å². The van der Waals surface area contributed by atoms with Gasteiger partial charge in [0.1, 0.15) is 0 Å². The van der Waals surface area contributed by atoms with E-state index in [1.54, 1.807) is 14.0 Å². The van der Waals surface area contributed by atoms with Gasteiger partial charge in [-0.1, -0.05) is 18.2 Å². The number of carbonyl (C=O) groups excluding carboxylic acids is 2. The maximum absolute atomic E-state index is 11.9. The molecule has 0 saturated carbocycles. The minimum Gasteiger partial charge on any atom is -0.383 e. The molecule has 0 aliphatic rings. The fourth-order valence-electron chi connectivity index (χ4n) is 1.47. The molecule has 0 radical (unpaired) electrons. The lowest BCUT2D eigenvalue weighted by atomic mass is 10.2. The van der Waals surface area contributed by atoms with Gasteiger partial charge >= 0.3 is 0 Å². The molecule has 1 aromatic rings. The summed E-state index contributed by atoms with van der Waals surface area (Å²) in [6.45, 7) is 2.73. The molecule has 1 atom stereocenters. The normalized spacial score (nSPS) is 11.7. The van der Waals surface area contributed by atoms with Crippen LogP contribution in [0, 0.1) is 0 Å². The van der Waals surface area contributed by atoms with E-state index in [1.165, 1.54) is 0 Å². The smallest absolute Gasteiger partial charge is 0.241 e. The topological polar surface area (TPSA) is 79.5 Å². The third kappa shape index (κ3) is 6.31. The van der Waals surface area contributed by atoms with E-state index in [2.05, 4.69) is 16.0 Å². The molecule has 6 heteroatoms. The lowest BCUT2D eigenvalue weighted by Crippen LogP contribution is -2.44. The third-order valence-corrected chi connectivity index (χ3v) is 2.63. The third-order valence-electron chi connectivity index (χ3n) is 2.63. The Morgan fingerprint density at radius 3 is 2.60 bits per heavy atom. The van der Waals surface area contributed by atoms with Crippen LogP contribution in [0.25, 0.3) is 0 Å². The van der Waals surface area contributed by atoms with E-state index in [0.717, 1.165) is 5.69 Å². The van der Waals surface area contributed by atoms with Gasteiger partial charge in [-0.05, 0) is 19.1 Å². The highest BCUT2D eigenvalue weighted by Gasteiger charge is 2.13. The molecule has 1 aromatic carbocycles. The van der Waals surface area contributed by atoms with Gasteiger partial charge in [0.15, 0.2) is 0 Å². The predicted molar refractivity (Wildman–Crippen MR) is 77.4 cm³/mol. The van der Waals surface area contributed by atoms with Gasteiger partial charge in [0.2, 0.25) is 11.8 Å². The first-order valence-electron chi connectivity index (χ1n) is 6.48. The standard InChI is InChI=1S/C14H21N3O3/c1-11(16-10-13(18)15-8-9-20-2)14(19)17-12-6-4-3-5-7-12/h3-7,11,16H,8-10H2,1-2H3,(H,15,18)(H,17,19). The Labute approximate surface area is 118 Å². The summed E-state index contributed by atoms with van der Waals surface area (Å²) in [5.41, 5.74) is 0.732. The number of nitrogens with one attached hydrogen (secondary N) is 3. The number of hydrogen-bond acceptors (Lipinski definition) is 4. The van der Waals surface area contributed by atoms with Gasteiger partial charge in [0, 0.05) is 19.3 Å². The van der Waals surface area contributed by atoms with E-state index >= 15 is 0 Å². The molecular weight excluding hydrogens is 258 g/mol. The predicted octanol–water partition coefficient (Wildman–Crippen LogP) is 0.366. The van der Waals surface area contributed by atoms with Gasteiger partial charge < -0.3 is 15.4 Å². The van der Waals surface area contributed by atoms with Crippen LogP contribution in [-0.2, 0) is 14.3 Å². The Hall–Kier alpha value is -1.92. The van der Waals surface area contributed by atoms with Crippen molar-refractivity contribution in [2.45, 2.75) is 13.0 Å². The van der Waals surface area contributed by atoms with Crippen molar-refractivity contribution in [3.8, 4) is 0 Å². The van der Waals surface area contributed by atoms with E-state index in [1.807, 2.05) is 30.3 Å². The second-order valence-corrected chi connectivity index (χ2v) is 4.30. The highest BCUT2D eigenvalue weighted by Crippen LogP contribution is 2.05. The number of methoxy groups -OCH3 is 1. The van der Waals surface area contributed by atoms with E-state index in [0.29, 0.717) is 13.2 Å². The summed E-state index contributed by atoms with van der Waals surface area (Å²) in [6, 6.07) is 8.73. The number of rotatable bonds is 8.